The number of nitrogens with one attached hydrogen (secondary N) is 1. The molecule has 1 atom stereocenters. The fourth-order valence-electron chi connectivity index (χ4n) is 1.19. The maximum atomic E-state index is 8.75. The van der Waals surface area contributed by atoms with Crippen molar-refractivity contribution in [3.8, 4) is 0 Å². The Morgan fingerprint density at radius 3 is 2.64 bits per heavy atom. The summed E-state index contributed by atoms with van der Waals surface area (Å²) >= 11 is 0. The summed E-state index contributed by atoms with van der Waals surface area (Å²) in [5, 5.41) is 12.1. The molecule has 4 heteroatoms. The van der Waals surface area contributed by atoms with E-state index in [1.54, 1.807) is 7.11 Å². The number of aliphatic hydroxyl groups excluding tert-OH is 1. The lowest BCUT2D eigenvalue weighted by molar-refractivity contribution is 0.0706. The van der Waals surface area contributed by atoms with Gasteiger partial charge in [-0.15, -0.1) is 0 Å². The van der Waals surface area contributed by atoms with Crippen LogP contribution in [0.5, 0.6) is 0 Å². The van der Waals surface area contributed by atoms with Crippen molar-refractivity contribution in [3.63, 3.8) is 0 Å². The second-order valence-electron chi connectivity index (χ2n) is 3.18. The van der Waals surface area contributed by atoms with Crippen molar-refractivity contribution in [1.82, 2.24) is 5.32 Å². The van der Waals surface area contributed by atoms with E-state index in [9.17, 15) is 0 Å². The van der Waals surface area contributed by atoms with E-state index >= 15 is 0 Å². The molecule has 0 radical (unpaired) electrons. The van der Waals surface area contributed by atoms with Crippen LogP contribution in [-0.2, 0) is 9.47 Å². The van der Waals surface area contributed by atoms with Gasteiger partial charge in [-0.05, 0) is 12.8 Å². The Morgan fingerprint density at radius 1 is 1.29 bits per heavy atom. The van der Waals surface area contributed by atoms with Gasteiger partial charge >= 0.3 is 0 Å². The van der Waals surface area contributed by atoms with Crippen LogP contribution in [0.3, 0.4) is 0 Å². The number of methoxy groups -OCH3 is 1. The molecular weight excluding hydrogens is 182 g/mol. The average Bonchev–Trinajstić information content (AvgIpc) is 2.21. The summed E-state index contributed by atoms with van der Waals surface area (Å²) < 4.78 is 10.1. The third-order valence-corrected chi connectivity index (χ3v) is 2.08. The van der Waals surface area contributed by atoms with E-state index in [0.717, 1.165) is 19.4 Å². The van der Waals surface area contributed by atoms with E-state index in [1.807, 2.05) is 0 Å². The summed E-state index contributed by atoms with van der Waals surface area (Å²) in [6, 6.07) is 0.408. The lowest BCUT2D eigenvalue weighted by atomic mass is 10.1. The minimum Gasteiger partial charge on any atom is -0.396 e. The van der Waals surface area contributed by atoms with E-state index in [2.05, 4.69) is 12.2 Å². The molecule has 86 valence electrons. The maximum Gasteiger partial charge on any atom is 0.0700 e. The van der Waals surface area contributed by atoms with E-state index in [0.29, 0.717) is 25.9 Å². The molecular formula is C10H23NO3. The molecule has 0 spiro atoms. The third kappa shape index (κ3) is 8.44. The molecule has 0 fully saturated rings. The first kappa shape index (κ1) is 13.8. The first-order chi connectivity index (χ1) is 6.85. The molecule has 0 heterocycles. The molecule has 14 heavy (non-hydrogen) atoms. The molecule has 0 amide bonds. The van der Waals surface area contributed by atoms with Crippen molar-refractivity contribution in [2.75, 3.05) is 40.1 Å². The van der Waals surface area contributed by atoms with Gasteiger partial charge in [0.05, 0.1) is 19.8 Å². The van der Waals surface area contributed by atoms with Crippen molar-refractivity contribution in [2.45, 2.75) is 25.8 Å². The molecule has 0 aliphatic carbocycles. The van der Waals surface area contributed by atoms with Gasteiger partial charge in [0.1, 0.15) is 0 Å². The van der Waals surface area contributed by atoms with Crippen molar-refractivity contribution in [3.05, 3.63) is 0 Å². The Hall–Kier alpha value is -0.160. The molecule has 4 nitrogen and oxygen atoms in total. The summed E-state index contributed by atoms with van der Waals surface area (Å²) in [6.45, 7) is 5.19. The van der Waals surface area contributed by atoms with Gasteiger partial charge in [0.15, 0.2) is 0 Å². The van der Waals surface area contributed by atoms with Crippen molar-refractivity contribution in [2.24, 2.45) is 0 Å². The lowest BCUT2D eigenvalue weighted by Gasteiger charge is -2.15. The van der Waals surface area contributed by atoms with Crippen molar-refractivity contribution >= 4 is 0 Å². The molecule has 0 rings (SSSR count). The molecule has 2 N–H and O–H groups in total. The Bertz CT molecular complexity index is 112. The fourth-order valence-corrected chi connectivity index (χ4v) is 1.19. The van der Waals surface area contributed by atoms with Crippen LogP contribution in [0.25, 0.3) is 0 Å². The Balaban J connectivity index is 3.15. The first-order valence-corrected chi connectivity index (χ1v) is 5.26. The minimum absolute atomic E-state index is 0.246. The average molecular weight is 205 g/mol. The predicted molar refractivity (Wildman–Crippen MR) is 56.5 cm³/mol. The highest BCUT2D eigenvalue weighted by Crippen LogP contribution is 1.95. The second-order valence-corrected chi connectivity index (χ2v) is 3.18. The van der Waals surface area contributed by atoms with Gasteiger partial charge in [0.2, 0.25) is 0 Å². The summed E-state index contributed by atoms with van der Waals surface area (Å²) in [5.41, 5.74) is 0. The SMILES string of the molecule is CCC(CCO)NCCOCCOC. The van der Waals surface area contributed by atoms with E-state index in [4.69, 9.17) is 14.6 Å². The van der Waals surface area contributed by atoms with Crippen LogP contribution >= 0.6 is 0 Å². The Labute approximate surface area is 86.6 Å². The van der Waals surface area contributed by atoms with Crippen molar-refractivity contribution in [1.29, 1.82) is 0 Å². The van der Waals surface area contributed by atoms with Crippen LogP contribution in [0.1, 0.15) is 19.8 Å². The quantitative estimate of drug-likeness (QED) is 0.507. The Morgan fingerprint density at radius 2 is 2.07 bits per heavy atom. The maximum absolute atomic E-state index is 8.75. The number of hydrogen-bond donors (Lipinski definition) is 2. The normalized spacial score (nSPS) is 13.1. The van der Waals surface area contributed by atoms with Gasteiger partial charge in [-0.25, -0.2) is 0 Å². The van der Waals surface area contributed by atoms with E-state index in [-0.39, 0.29) is 6.61 Å². The summed E-state index contributed by atoms with van der Waals surface area (Å²) in [7, 11) is 1.66. The summed E-state index contributed by atoms with van der Waals surface area (Å²) in [4.78, 5) is 0. The van der Waals surface area contributed by atoms with E-state index in [1.165, 1.54) is 0 Å². The van der Waals surface area contributed by atoms with Gasteiger partial charge in [-0.2, -0.15) is 0 Å². The van der Waals surface area contributed by atoms with Gasteiger partial charge < -0.3 is 19.9 Å². The topological polar surface area (TPSA) is 50.7 Å². The highest BCUT2D eigenvalue weighted by molar-refractivity contribution is 4.63. The molecule has 0 saturated heterocycles. The second kappa shape index (κ2) is 10.9. The zero-order valence-corrected chi connectivity index (χ0v) is 9.29. The third-order valence-electron chi connectivity index (χ3n) is 2.08. The van der Waals surface area contributed by atoms with Gasteiger partial charge in [-0.1, -0.05) is 6.92 Å². The zero-order valence-electron chi connectivity index (χ0n) is 9.29. The molecule has 0 bridgehead atoms. The van der Waals surface area contributed by atoms with Gasteiger partial charge in [0.25, 0.3) is 0 Å². The van der Waals surface area contributed by atoms with Gasteiger partial charge in [-0.3, -0.25) is 0 Å². The lowest BCUT2D eigenvalue weighted by Crippen LogP contribution is -2.32. The van der Waals surface area contributed by atoms with Crippen LogP contribution in [0.15, 0.2) is 0 Å². The largest absolute Gasteiger partial charge is 0.396 e. The monoisotopic (exact) mass is 205 g/mol. The first-order valence-electron chi connectivity index (χ1n) is 5.26. The van der Waals surface area contributed by atoms with Gasteiger partial charge in [0, 0.05) is 26.3 Å². The van der Waals surface area contributed by atoms with E-state index < -0.39 is 0 Å². The van der Waals surface area contributed by atoms with Crippen LogP contribution in [-0.4, -0.2) is 51.2 Å². The summed E-state index contributed by atoms with van der Waals surface area (Å²) in [5.74, 6) is 0. The molecule has 0 aromatic rings. The predicted octanol–water partition coefficient (Wildman–Crippen LogP) is 0.400. The van der Waals surface area contributed by atoms with Crippen LogP contribution < -0.4 is 5.32 Å². The van der Waals surface area contributed by atoms with Crippen molar-refractivity contribution < 1.29 is 14.6 Å². The number of ether oxygens (including phenoxy) is 2. The Kier molecular flexibility index (Phi) is 10.8. The minimum atomic E-state index is 0.246. The summed E-state index contributed by atoms with van der Waals surface area (Å²) in [6.07, 6.45) is 1.85. The fraction of sp³-hybridized carbons (Fsp3) is 1.00. The molecule has 0 aromatic heterocycles. The molecule has 0 aliphatic heterocycles. The number of hydrogen-bond acceptors (Lipinski definition) is 4. The molecule has 0 aliphatic rings. The highest BCUT2D eigenvalue weighted by Gasteiger charge is 2.02. The number of aliphatic hydroxyl groups is 1. The molecule has 0 saturated carbocycles. The molecule has 0 aromatic carbocycles. The smallest absolute Gasteiger partial charge is 0.0700 e. The standard InChI is InChI=1S/C10H23NO3/c1-3-10(4-6-12)11-5-7-14-9-8-13-2/h10-12H,3-9H2,1-2H3. The van der Waals surface area contributed by atoms with Crippen LogP contribution in [0, 0.1) is 0 Å². The number of rotatable bonds is 10. The van der Waals surface area contributed by atoms with Crippen LogP contribution in [0.2, 0.25) is 0 Å². The zero-order chi connectivity index (χ0) is 10.6. The van der Waals surface area contributed by atoms with Crippen LogP contribution in [0.4, 0.5) is 0 Å². The molecule has 1 unspecified atom stereocenters. The highest BCUT2D eigenvalue weighted by atomic mass is 16.5.